The van der Waals surface area contributed by atoms with E-state index in [4.69, 9.17) is 0 Å². The zero-order chi connectivity index (χ0) is 16.6. The molecule has 3 rings (SSSR count). The number of nitrogens with zero attached hydrogens (tertiary/aromatic N) is 4. The van der Waals surface area contributed by atoms with Gasteiger partial charge in [-0.05, 0) is 24.0 Å². The summed E-state index contributed by atoms with van der Waals surface area (Å²) in [5.41, 5.74) is 1.43. The van der Waals surface area contributed by atoms with Gasteiger partial charge in [0.05, 0.1) is 17.6 Å². The van der Waals surface area contributed by atoms with Crippen LogP contribution in [0, 0.1) is 10.1 Å². The van der Waals surface area contributed by atoms with Crippen LogP contribution < -0.4 is 0 Å². The van der Waals surface area contributed by atoms with Crippen LogP contribution in [-0.4, -0.2) is 41.3 Å². The van der Waals surface area contributed by atoms with Gasteiger partial charge in [0, 0.05) is 6.54 Å². The summed E-state index contributed by atoms with van der Waals surface area (Å²) in [7, 11) is 0. The van der Waals surface area contributed by atoms with Crippen LogP contribution in [0.2, 0.25) is 0 Å². The van der Waals surface area contributed by atoms with Gasteiger partial charge in [0.25, 0.3) is 5.82 Å². The van der Waals surface area contributed by atoms with E-state index in [-0.39, 0.29) is 30.5 Å². The van der Waals surface area contributed by atoms with E-state index in [1.165, 1.54) is 6.92 Å². The first-order valence-corrected chi connectivity index (χ1v) is 7.01. The van der Waals surface area contributed by atoms with Gasteiger partial charge in [-0.3, -0.25) is 0 Å². The Hall–Kier alpha value is -2.78. The van der Waals surface area contributed by atoms with E-state index in [1.807, 2.05) is 18.2 Å². The number of nitro groups is 1. The first-order valence-electron chi connectivity index (χ1n) is 7.01. The van der Waals surface area contributed by atoms with Gasteiger partial charge in [-0.15, -0.1) is 0 Å². The van der Waals surface area contributed by atoms with Gasteiger partial charge in [-0.2, -0.15) is 4.98 Å². The fraction of sp³-hybridized carbons (Fsp3) is 0.286. The van der Waals surface area contributed by atoms with E-state index in [1.54, 1.807) is 10.6 Å². The molecule has 0 aliphatic heterocycles. The predicted molar refractivity (Wildman–Crippen MR) is 81.7 cm³/mol. The molecule has 0 bridgehead atoms. The predicted octanol–water partition coefficient (Wildman–Crippen LogP) is 1.38. The number of para-hydroxylation sites is 2. The Kier molecular flexibility index (Phi) is 3.80. The third-order valence-electron chi connectivity index (χ3n) is 3.48. The van der Waals surface area contributed by atoms with Crippen molar-refractivity contribution in [1.29, 1.82) is 0 Å². The van der Waals surface area contributed by atoms with Crippen molar-refractivity contribution in [3.8, 4) is 11.6 Å². The van der Waals surface area contributed by atoms with Crippen LogP contribution in [0.3, 0.4) is 0 Å². The number of nitrogens with one attached hydrogen (secondary N) is 1. The molecule has 0 spiro atoms. The normalized spacial score (nSPS) is 12.7. The summed E-state index contributed by atoms with van der Waals surface area (Å²) in [4.78, 5) is 21.6. The van der Waals surface area contributed by atoms with E-state index in [9.17, 15) is 20.3 Å². The number of hydrogen-bond acceptors (Lipinski definition) is 6. The zero-order valence-electron chi connectivity index (χ0n) is 12.3. The molecule has 0 radical (unpaired) electrons. The zero-order valence-corrected chi connectivity index (χ0v) is 12.3. The molecule has 120 valence electrons. The van der Waals surface area contributed by atoms with Crippen molar-refractivity contribution < 1.29 is 15.1 Å². The van der Waals surface area contributed by atoms with Gasteiger partial charge in [0.15, 0.2) is 5.69 Å². The molecule has 0 fully saturated rings. The van der Waals surface area contributed by atoms with E-state index < -0.39 is 11.0 Å². The minimum atomic E-state index is -1.09. The lowest BCUT2D eigenvalue weighted by Gasteiger charge is -2.03. The highest BCUT2D eigenvalue weighted by Crippen LogP contribution is 2.28. The van der Waals surface area contributed by atoms with Crippen LogP contribution in [0.4, 0.5) is 5.82 Å². The molecule has 2 aromatic heterocycles. The van der Waals surface area contributed by atoms with Gasteiger partial charge in [-0.25, -0.2) is 9.97 Å². The van der Waals surface area contributed by atoms with Crippen LogP contribution in [-0.2, 0) is 6.54 Å². The topological polar surface area (TPSA) is 130 Å². The Morgan fingerprint density at radius 3 is 2.74 bits per heavy atom. The van der Waals surface area contributed by atoms with Gasteiger partial charge in [0.1, 0.15) is 6.10 Å². The number of H-pyrrole nitrogens is 1. The van der Waals surface area contributed by atoms with Gasteiger partial charge < -0.3 is 24.9 Å². The second kappa shape index (κ2) is 5.78. The largest absolute Gasteiger partial charge is 0.395 e. The summed E-state index contributed by atoms with van der Waals surface area (Å²) in [5.74, 6) is 0.185. The van der Waals surface area contributed by atoms with Crippen molar-refractivity contribution >= 4 is 16.9 Å². The second-order valence-corrected chi connectivity index (χ2v) is 5.05. The molecule has 1 aromatic carbocycles. The molecular weight excluding hydrogens is 302 g/mol. The molecule has 1 unspecified atom stereocenters. The summed E-state index contributed by atoms with van der Waals surface area (Å²) in [5, 5.41) is 30.1. The summed E-state index contributed by atoms with van der Waals surface area (Å²) >= 11 is 0. The maximum absolute atomic E-state index is 11.1. The minimum absolute atomic E-state index is 0.0485. The highest BCUT2D eigenvalue weighted by atomic mass is 16.6. The van der Waals surface area contributed by atoms with Crippen molar-refractivity contribution in [3.05, 3.63) is 40.1 Å². The Morgan fingerprint density at radius 1 is 1.39 bits per heavy atom. The van der Waals surface area contributed by atoms with E-state index in [0.29, 0.717) is 11.3 Å². The third kappa shape index (κ3) is 2.56. The summed E-state index contributed by atoms with van der Waals surface area (Å²) < 4.78 is 1.73. The summed E-state index contributed by atoms with van der Waals surface area (Å²) in [6, 6.07) is 7.32. The number of imidazole rings is 2. The third-order valence-corrected chi connectivity index (χ3v) is 3.48. The first kappa shape index (κ1) is 15.1. The Balaban J connectivity index is 2.22. The number of aliphatic hydroxyl groups excluding tert-OH is 2. The number of aromatic nitrogens is 4. The van der Waals surface area contributed by atoms with Crippen LogP contribution in [0.1, 0.15) is 18.7 Å². The standard InChI is InChI=1S/C14H15N5O4/c1-8(21)11-13(19(22)23)17-12(16-11)14-15-9-4-2-3-5-10(9)18(14)6-7-20/h2-5,8,20-21H,6-7H2,1H3,(H,16,17). The Morgan fingerprint density at radius 2 is 2.13 bits per heavy atom. The molecule has 1 atom stereocenters. The Bertz CT molecular complexity index is 867. The fourth-order valence-electron chi connectivity index (χ4n) is 2.50. The van der Waals surface area contributed by atoms with E-state index in [2.05, 4.69) is 15.0 Å². The number of aromatic amines is 1. The average Bonchev–Trinajstić information content (AvgIpc) is 3.10. The summed E-state index contributed by atoms with van der Waals surface area (Å²) in [6.45, 7) is 1.57. The lowest BCUT2D eigenvalue weighted by atomic mass is 10.3. The molecule has 0 aliphatic rings. The molecule has 0 saturated heterocycles. The Labute approximate surface area is 130 Å². The highest BCUT2D eigenvalue weighted by Gasteiger charge is 2.27. The van der Waals surface area contributed by atoms with Crippen molar-refractivity contribution in [2.45, 2.75) is 19.6 Å². The van der Waals surface area contributed by atoms with Crippen molar-refractivity contribution in [2.75, 3.05) is 6.61 Å². The van der Waals surface area contributed by atoms with Gasteiger partial charge in [-0.1, -0.05) is 12.1 Å². The van der Waals surface area contributed by atoms with E-state index in [0.717, 1.165) is 5.52 Å². The highest BCUT2D eigenvalue weighted by molar-refractivity contribution is 5.79. The molecule has 2 heterocycles. The number of rotatable bonds is 5. The second-order valence-electron chi connectivity index (χ2n) is 5.05. The minimum Gasteiger partial charge on any atom is -0.395 e. The van der Waals surface area contributed by atoms with Gasteiger partial charge >= 0.3 is 5.82 Å². The molecule has 23 heavy (non-hydrogen) atoms. The van der Waals surface area contributed by atoms with Crippen LogP contribution in [0.5, 0.6) is 0 Å². The molecule has 3 aromatic rings. The monoisotopic (exact) mass is 317 g/mol. The molecule has 0 amide bonds. The lowest BCUT2D eigenvalue weighted by Crippen LogP contribution is -2.05. The van der Waals surface area contributed by atoms with Crippen molar-refractivity contribution in [2.24, 2.45) is 0 Å². The first-order chi connectivity index (χ1) is 11.0. The molecule has 0 saturated carbocycles. The number of aliphatic hydroxyl groups is 2. The maximum atomic E-state index is 11.1. The van der Waals surface area contributed by atoms with Crippen LogP contribution in [0.25, 0.3) is 22.7 Å². The van der Waals surface area contributed by atoms with Crippen molar-refractivity contribution in [1.82, 2.24) is 19.5 Å². The summed E-state index contributed by atoms with van der Waals surface area (Å²) in [6.07, 6.45) is -1.09. The van der Waals surface area contributed by atoms with Crippen LogP contribution >= 0.6 is 0 Å². The average molecular weight is 317 g/mol. The SMILES string of the molecule is CC(O)c1nc(-c2nc3ccccc3n2CCO)[nH]c1[N+](=O)[O-]. The maximum Gasteiger partial charge on any atom is 0.347 e. The fourth-order valence-corrected chi connectivity index (χ4v) is 2.50. The quantitative estimate of drug-likeness (QED) is 0.481. The smallest absolute Gasteiger partial charge is 0.347 e. The van der Waals surface area contributed by atoms with E-state index >= 15 is 0 Å². The molecule has 9 nitrogen and oxygen atoms in total. The molecule has 9 heteroatoms. The molecule has 0 aliphatic carbocycles. The lowest BCUT2D eigenvalue weighted by molar-refractivity contribution is -0.390. The molecule has 3 N–H and O–H groups in total. The van der Waals surface area contributed by atoms with Crippen molar-refractivity contribution in [3.63, 3.8) is 0 Å². The van der Waals surface area contributed by atoms with Gasteiger partial charge in [0.2, 0.25) is 5.82 Å². The molecular formula is C14H15N5O4. The van der Waals surface area contributed by atoms with Crippen LogP contribution in [0.15, 0.2) is 24.3 Å². The number of benzene rings is 1. The number of hydrogen-bond donors (Lipinski definition) is 3. The number of fused-ring (bicyclic) bond motifs is 1.